The van der Waals surface area contributed by atoms with Gasteiger partial charge >= 0.3 is 0 Å². The van der Waals surface area contributed by atoms with Crippen LogP contribution in [0, 0.1) is 19.8 Å². The fourth-order valence-electron chi connectivity index (χ4n) is 6.47. The van der Waals surface area contributed by atoms with Crippen LogP contribution in [-0.2, 0) is 13.2 Å². The van der Waals surface area contributed by atoms with Gasteiger partial charge < -0.3 is 24.6 Å². The Morgan fingerprint density at radius 3 is 2.54 bits per heavy atom. The van der Waals surface area contributed by atoms with E-state index in [-0.39, 0.29) is 0 Å². The maximum absolute atomic E-state index is 10.9. The van der Waals surface area contributed by atoms with Crippen LogP contribution < -0.4 is 10.1 Å². The van der Waals surface area contributed by atoms with Crippen LogP contribution in [0.1, 0.15) is 29.5 Å². The lowest BCUT2D eigenvalue weighted by molar-refractivity contribution is 0.0632. The smallest absolute Gasteiger partial charge is 0.141 e. The van der Waals surface area contributed by atoms with Crippen molar-refractivity contribution < 1.29 is 9.84 Å². The number of β-amino-alcohol motifs (C(OH)–C–C–N with tert-alkyl or cyclic N) is 1. The lowest BCUT2D eigenvalue weighted by atomic mass is 10.1. The third-order valence-electron chi connectivity index (χ3n) is 9.20. The molecule has 2 aromatic heterocycles. The van der Waals surface area contributed by atoms with E-state index in [1.807, 2.05) is 18.2 Å². The Kier molecular flexibility index (Phi) is 9.01. The highest BCUT2D eigenvalue weighted by atomic mass is 16.5. The first-order chi connectivity index (χ1) is 22.4. The molecule has 3 aromatic carbocycles. The molecule has 0 bridgehead atoms. The summed E-state index contributed by atoms with van der Waals surface area (Å²) in [6, 6.07) is 22.9. The minimum atomic E-state index is -0.404. The molecule has 0 amide bonds. The second kappa shape index (κ2) is 13.6. The van der Waals surface area contributed by atoms with Crippen molar-refractivity contribution in [2.24, 2.45) is 5.92 Å². The molecular weight excluding hydrogens is 572 g/mol. The van der Waals surface area contributed by atoms with Gasteiger partial charge in [-0.25, -0.2) is 9.97 Å². The number of rotatable bonds is 12. The number of aryl methyl sites for hydroxylation is 2. The molecule has 1 aliphatic heterocycles. The molecular formula is C38H44N6O2. The lowest BCUT2D eigenvalue weighted by Crippen LogP contribution is -2.49. The molecule has 3 heterocycles. The van der Waals surface area contributed by atoms with Gasteiger partial charge in [-0.05, 0) is 91.3 Å². The van der Waals surface area contributed by atoms with Gasteiger partial charge in [0.1, 0.15) is 24.5 Å². The number of anilines is 2. The normalized spacial score (nSPS) is 16.5. The number of benzene rings is 3. The zero-order valence-corrected chi connectivity index (χ0v) is 26.9. The van der Waals surface area contributed by atoms with Crippen molar-refractivity contribution >= 4 is 22.4 Å². The van der Waals surface area contributed by atoms with Gasteiger partial charge in [0.25, 0.3) is 0 Å². The summed E-state index contributed by atoms with van der Waals surface area (Å²) in [6.07, 6.45) is 8.18. The molecule has 0 spiro atoms. The third kappa shape index (κ3) is 7.58. The molecule has 7 rings (SSSR count). The maximum Gasteiger partial charge on any atom is 0.141 e. The van der Waals surface area contributed by atoms with Crippen molar-refractivity contribution in [2.75, 3.05) is 44.6 Å². The molecule has 238 valence electrons. The highest BCUT2D eigenvalue weighted by Gasteiger charge is 2.27. The molecule has 46 heavy (non-hydrogen) atoms. The highest BCUT2D eigenvalue weighted by Crippen LogP contribution is 2.31. The molecule has 1 saturated carbocycles. The minimum Gasteiger partial charge on any atom is -0.489 e. The van der Waals surface area contributed by atoms with E-state index < -0.39 is 6.10 Å². The summed E-state index contributed by atoms with van der Waals surface area (Å²) in [6.45, 7) is 11.6. The minimum absolute atomic E-state index is 0.404. The van der Waals surface area contributed by atoms with Crippen molar-refractivity contribution in [3.05, 3.63) is 102 Å². The Morgan fingerprint density at radius 1 is 0.891 bits per heavy atom. The Bertz CT molecular complexity index is 1790. The zero-order valence-electron chi connectivity index (χ0n) is 26.9. The summed E-state index contributed by atoms with van der Waals surface area (Å²) in [5.41, 5.74) is 7.44. The van der Waals surface area contributed by atoms with E-state index >= 15 is 0 Å². The number of fused-ring (bicyclic) bond motifs is 1. The van der Waals surface area contributed by atoms with Gasteiger partial charge in [0.15, 0.2) is 0 Å². The van der Waals surface area contributed by atoms with Crippen molar-refractivity contribution in [1.29, 1.82) is 0 Å². The molecule has 2 N–H and O–H groups in total. The molecule has 2 fully saturated rings. The quantitative estimate of drug-likeness (QED) is 0.167. The monoisotopic (exact) mass is 616 g/mol. The summed E-state index contributed by atoms with van der Waals surface area (Å²) < 4.78 is 8.22. The number of hydrogen-bond donors (Lipinski definition) is 2. The Balaban J connectivity index is 0.985. The van der Waals surface area contributed by atoms with Crippen LogP contribution in [0.2, 0.25) is 0 Å². The average molecular weight is 617 g/mol. The number of aliphatic hydroxyl groups excluding tert-OH is 1. The van der Waals surface area contributed by atoms with Crippen LogP contribution in [0.5, 0.6) is 5.75 Å². The van der Waals surface area contributed by atoms with Gasteiger partial charge in [0.2, 0.25) is 0 Å². The molecule has 0 radical (unpaired) electrons. The Morgan fingerprint density at radius 2 is 1.74 bits per heavy atom. The van der Waals surface area contributed by atoms with E-state index in [1.54, 1.807) is 6.33 Å². The van der Waals surface area contributed by atoms with Gasteiger partial charge in [-0.15, -0.1) is 0 Å². The van der Waals surface area contributed by atoms with E-state index in [0.29, 0.717) is 19.7 Å². The molecule has 1 saturated heterocycles. The second-order valence-electron chi connectivity index (χ2n) is 13.1. The Hall–Kier alpha value is -4.24. The van der Waals surface area contributed by atoms with Crippen LogP contribution in [0.4, 0.5) is 11.5 Å². The molecule has 5 aromatic rings. The second-order valence-corrected chi connectivity index (χ2v) is 13.1. The first-order valence-corrected chi connectivity index (χ1v) is 16.5. The average Bonchev–Trinajstić information content (AvgIpc) is 3.75. The van der Waals surface area contributed by atoms with E-state index in [9.17, 15) is 5.11 Å². The van der Waals surface area contributed by atoms with Gasteiger partial charge in [0.05, 0.1) is 11.6 Å². The summed E-state index contributed by atoms with van der Waals surface area (Å²) in [5.74, 6) is 2.56. The number of nitrogens with zero attached hydrogens (tertiary/aromatic N) is 5. The van der Waals surface area contributed by atoms with Crippen LogP contribution in [-0.4, -0.2) is 74.8 Å². The van der Waals surface area contributed by atoms with Crippen LogP contribution in [0.15, 0.2) is 85.5 Å². The number of aromatic nitrogens is 3. The van der Waals surface area contributed by atoms with Crippen LogP contribution in [0.25, 0.3) is 22.0 Å². The largest absolute Gasteiger partial charge is 0.489 e. The zero-order chi connectivity index (χ0) is 31.5. The van der Waals surface area contributed by atoms with Crippen molar-refractivity contribution in [1.82, 2.24) is 24.3 Å². The van der Waals surface area contributed by atoms with E-state index in [1.165, 1.54) is 24.9 Å². The number of nitrogens with one attached hydrogen (secondary N) is 1. The number of aliphatic hydroxyl groups is 1. The van der Waals surface area contributed by atoms with E-state index in [0.717, 1.165) is 82.5 Å². The maximum atomic E-state index is 10.9. The number of ether oxygens (including phenoxy) is 1. The summed E-state index contributed by atoms with van der Waals surface area (Å²) in [5, 5.41) is 15.4. The predicted octanol–water partition coefficient (Wildman–Crippen LogP) is 6.43. The molecule has 1 atom stereocenters. The van der Waals surface area contributed by atoms with Crippen molar-refractivity contribution in [2.45, 2.75) is 45.9 Å². The van der Waals surface area contributed by atoms with Gasteiger partial charge in [-0.1, -0.05) is 35.9 Å². The predicted molar refractivity (Wildman–Crippen MR) is 185 cm³/mol. The van der Waals surface area contributed by atoms with Gasteiger partial charge in [0, 0.05) is 69.3 Å². The first kappa shape index (κ1) is 30.4. The molecule has 8 nitrogen and oxygen atoms in total. The summed E-state index contributed by atoms with van der Waals surface area (Å²) >= 11 is 0. The SMILES string of the molecule is Cc1cccc(COc2ccc(Nc3ncnc4ccc(-c5ccn(CC(O)CN6CCN(CC7CC7)CC6)c5)cc34)cc2C)c1. The van der Waals surface area contributed by atoms with Gasteiger partial charge in [-0.3, -0.25) is 4.90 Å². The fraction of sp³-hybridized carbons (Fsp3) is 0.368. The Labute approximate surface area is 271 Å². The lowest BCUT2D eigenvalue weighted by Gasteiger charge is -2.35. The topological polar surface area (TPSA) is 78.7 Å². The number of hydrogen-bond acceptors (Lipinski definition) is 7. The van der Waals surface area contributed by atoms with Crippen LogP contribution in [0.3, 0.4) is 0 Å². The van der Waals surface area contributed by atoms with Crippen molar-refractivity contribution in [3.63, 3.8) is 0 Å². The van der Waals surface area contributed by atoms with E-state index in [2.05, 4.69) is 104 Å². The van der Waals surface area contributed by atoms with E-state index in [4.69, 9.17) is 4.74 Å². The molecule has 8 heteroatoms. The summed E-state index contributed by atoms with van der Waals surface area (Å²) in [4.78, 5) is 14.1. The van der Waals surface area contributed by atoms with Gasteiger partial charge in [-0.2, -0.15) is 0 Å². The molecule has 1 unspecified atom stereocenters. The number of piperazine rings is 1. The molecule has 2 aliphatic rings. The first-order valence-electron chi connectivity index (χ1n) is 16.5. The molecule has 1 aliphatic carbocycles. The highest BCUT2D eigenvalue weighted by molar-refractivity contribution is 5.93. The fourth-order valence-corrected chi connectivity index (χ4v) is 6.47. The standard InChI is InChI=1S/C38H44N6O2/c1-27-4-3-5-30(18-27)25-46-37-11-9-33(19-28(37)2)41-38-35-20-31(8-10-36(35)39-26-40-38)32-12-13-44(22-32)24-34(45)23-43-16-14-42(15-17-43)21-29-6-7-29/h3-5,8-13,18-20,22,26,29,34,45H,6-7,14-17,21,23-25H2,1-2H3,(H,39,40,41). The van der Waals surface area contributed by atoms with Crippen LogP contribution >= 0.6 is 0 Å². The van der Waals surface area contributed by atoms with Crippen molar-refractivity contribution in [3.8, 4) is 16.9 Å². The summed E-state index contributed by atoms with van der Waals surface area (Å²) in [7, 11) is 0. The third-order valence-corrected chi connectivity index (χ3v) is 9.20.